The molecule has 0 bridgehead atoms. The molecule has 3 nitrogen and oxygen atoms in total. The minimum absolute atomic E-state index is 0. The molecule has 0 saturated heterocycles. The Morgan fingerprint density at radius 3 is 2.18 bits per heavy atom. The van der Waals surface area contributed by atoms with Crippen molar-refractivity contribution >= 4 is 13.4 Å². The first kappa shape index (κ1) is 20.2. The first-order chi connectivity index (χ1) is 9.84. The van der Waals surface area contributed by atoms with Crippen LogP contribution in [0.2, 0.25) is 0 Å². The highest BCUT2D eigenvalue weighted by molar-refractivity contribution is 7.62. The molecule has 0 amide bonds. The molecule has 0 N–H and O–H groups in total. The topological polar surface area (TPSA) is 47.0 Å². The maximum atomic E-state index is 11.7. The SMILES string of the molecule is CC(c1cccnc1)P(C)(C)=O.Cc1ccc(C=O)cc1.F.[3HH]. The minimum atomic E-state index is -2.02. The van der Waals surface area contributed by atoms with Crippen molar-refractivity contribution in [2.24, 2.45) is 0 Å². The van der Waals surface area contributed by atoms with Crippen molar-refractivity contribution in [3.05, 3.63) is 65.5 Å². The van der Waals surface area contributed by atoms with Gasteiger partial charge < -0.3 is 4.57 Å². The summed E-state index contributed by atoms with van der Waals surface area (Å²) in [7, 11) is -2.02. The lowest BCUT2D eigenvalue weighted by molar-refractivity contribution is 0.112. The van der Waals surface area contributed by atoms with Gasteiger partial charge in [-0.3, -0.25) is 14.5 Å². The molecular weight excluding hydrogens is 300 g/mol. The van der Waals surface area contributed by atoms with E-state index in [1.54, 1.807) is 12.4 Å². The fraction of sp³-hybridized carbons (Fsp3) is 0.294. The third-order valence-electron chi connectivity index (χ3n) is 3.31. The van der Waals surface area contributed by atoms with Gasteiger partial charge in [-0.1, -0.05) is 42.8 Å². The number of rotatable bonds is 3. The van der Waals surface area contributed by atoms with E-state index < -0.39 is 7.14 Å². The summed E-state index contributed by atoms with van der Waals surface area (Å²) in [5.74, 6) is 0. The Bertz CT molecular complexity index is 614. The average Bonchev–Trinajstić information content (AvgIpc) is 2.48. The Kier molecular flexibility index (Phi) is 8.51. The molecule has 22 heavy (non-hydrogen) atoms. The number of carbonyl (C=O) groups is 1. The van der Waals surface area contributed by atoms with Crippen molar-refractivity contribution in [1.29, 1.82) is 0 Å². The minimum Gasteiger partial charge on any atom is -0.324 e. The van der Waals surface area contributed by atoms with Crippen LogP contribution in [0.15, 0.2) is 48.8 Å². The van der Waals surface area contributed by atoms with Gasteiger partial charge in [0.1, 0.15) is 6.29 Å². The summed E-state index contributed by atoms with van der Waals surface area (Å²) < 4.78 is 11.7. The summed E-state index contributed by atoms with van der Waals surface area (Å²) in [6.45, 7) is 7.60. The lowest BCUT2D eigenvalue weighted by Gasteiger charge is -2.15. The molecule has 122 valence electrons. The van der Waals surface area contributed by atoms with Gasteiger partial charge in [0.25, 0.3) is 0 Å². The summed E-state index contributed by atoms with van der Waals surface area (Å²) in [5.41, 5.74) is 3.10. The van der Waals surface area contributed by atoms with E-state index >= 15 is 0 Å². The van der Waals surface area contributed by atoms with E-state index in [0.717, 1.165) is 17.4 Å². The quantitative estimate of drug-likeness (QED) is 0.590. The maximum absolute atomic E-state index is 11.7. The van der Waals surface area contributed by atoms with Gasteiger partial charge in [-0.05, 0) is 31.9 Å². The molecule has 0 radical (unpaired) electrons. The first-order valence-electron chi connectivity index (χ1n) is 6.81. The van der Waals surface area contributed by atoms with Crippen LogP contribution in [0.4, 0.5) is 4.70 Å². The van der Waals surface area contributed by atoms with Crippen molar-refractivity contribution in [3.8, 4) is 0 Å². The highest BCUT2D eigenvalue weighted by Crippen LogP contribution is 2.51. The fourth-order valence-electron chi connectivity index (χ4n) is 1.63. The lowest BCUT2D eigenvalue weighted by atomic mass is 10.2. The molecule has 1 unspecified atom stereocenters. The second-order valence-corrected chi connectivity index (χ2v) is 9.07. The van der Waals surface area contributed by atoms with E-state index in [1.807, 2.05) is 63.6 Å². The Hall–Kier alpha value is -1.80. The van der Waals surface area contributed by atoms with Crippen molar-refractivity contribution in [3.63, 3.8) is 0 Å². The summed E-state index contributed by atoms with van der Waals surface area (Å²) in [6.07, 6.45) is 4.36. The number of aromatic nitrogens is 1. The van der Waals surface area contributed by atoms with Gasteiger partial charge in [-0.2, -0.15) is 0 Å². The normalized spacial score (nSPS) is 11.5. The number of nitrogens with zero attached hydrogens (tertiary/aromatic N) is 1. The molecule has 2 aromatic rings. The summed E-state index contributed by atoms with van der Waals surface area (Å²) in [5, 5.41) is 0. The first-order valence-corrected chi connectivity index (χ1v) is 9.48. The molecule has 1 heterocycles. The second kappa shape index (κ2) is 9.26. The van der Waals surface area contributed by atoms with E-state index in [1.165, 1.54) is 5.56 Å². The van der Waals surface area contributed by atoms with E-state index in [0.29, 0.717) is 0 Å². The molecule has 0 aliphatic carbocycles. The molecule has 2 rings (SSSR count). The second-order valence-electron chi connectivity index (χ2n) is 5.43. The third kappa shape index (κ3) is 6.77. The van der Waals surface area contributed by atoms with Crippen LogP contribution in [-0.2, 0) is 4.57 Å². The largest absolute Gasteiger partial charge is 0.324 e. The summed E-state index contributed by atoms with van der Waals surface area (Å²) in [4.78, 5) is 14.1. The molecule has 0 aliphatic heterocycles. The van der Waals surface area contributed by atoms with Crippen LogP contribution in [0.1, 0.15) is 35.5 Å². The van der Waals surface area contributed by atoms with Gasteiger partial charge in [-0.25, -0.2) is 0 Å². The predicted molar refractivity (Wildman–Crippen MR) is 93.3 cm³/mol. The third-order valence-corrected chi connectivity index (χ3v) is 5.48. The number of halogens is 1. The van der Waals surface area contributed by atoms with Gasteiger partial charge in [0.2, 0.25) is 0 Å². The van der Waals surface area contributed by atoms with Crippen LogP contribution >= 0.6 is 7.14 Å². The average molecular weight is 327 g/mol. The van der Waals surface area contributed by atoms with Crippen LogP contribution in [0.5, 0.6) is 0 Å². The molecule has 1 aromatic carbocycles. The van der Waals surface area contributed by atoms with Crippen molar-refractivity contribution in [2.45, 2.75) is 19.5 Å². The Morgan fingerprint density at radius 2 is 1.77 bits per heavy atom. The van der Waals surface area contributed by atoms with Gasteiger partial charge in [0, 0.05) is 25.0 Å². The monoisotopic (exact) mass is 327 g/mol. The fourth-order valence-corrected chi connectivity index (χ4v) is 2.50. The van der Waals surface area contributed by atoms with Crippen LogP contribution < -0.4 is 0 Å². The predicted octanol–water partition coefficient (Wildman–Crippen LogP) is 4.97. The Labute approximate surface area is 133 Å². The molecule has 5 heteroatoms. The smallest absolute Gasteiger partial charge is 0.150 e. The number of aryl methyl sites for hydroxylation is 1. The Balaban J connectivity index is 0. The molecule has 0 aliphatic rings. The summed E-state index contributed by atoms with van der Waals surface area (Å²) >= 11 is 0. The molecular formula is C17H25FNO2P. The van der Waals surface area contributed by atoms with E-state index in [-0.39, 0.29) is 11.8 Å². The molecule has 1 aromatic heterocycles. The van der Waals surface area contributed by atoms with E-state index in [4.69, 9.17) is 0 Å². The molecule has 1 atom stereocenters. The number of aldehydes is 1. The zero-order chi connectivity index (χ0) is 15.9. The highest BCUT2D eigenvalue weighted by Gasteiger charge is 2.19. The number of pyridine rings is 1. The van der Waals surface area contributed by atoms with E-state index in [9.17, 15) is 9.36 Å². The summed E-state index contributed by atoms with van der Waals surface area (Å²) in [6, 6.07) is 11.3. The van der Waals surface area contributed by atoms with Crippen LogP contribution in [-0.4, -0.2) is 24.6 Å². The standard InChI is InChI=1S/C9H14NOP.C8H8O.FH.H2/c1-8(12(2,3)11)9-5-4-6-10-7-9;1-7-2-4-8(6-9)5-3-7;;/h4-8H,1-3H3;2-6H,1H3;2*1H/i;;;1+2. The molecule has 0 saturated carbocycles. The van der Waals surface area contributed by atoms with Crippen molar-refractivity contribution < 1.29 is 15.5 Å². The number of hydrogen-bond donors (Lipinski definition) is 0. The van der Waals surface area contributed by atoms with E-state index in [2.05, 4.69) is 4.98 Å². The van der Waals surface area contributed by atoms with Crippen LogP contribution in [0, 0.1) is 6.92 Å². The zero-order valence-electron chi connectivity index (χ0n) is 13.4. The molecule has 0 spiro atoms. The zero-order valence-corrected chi connectivity index (χ0v) is 14.3. The van der Waals surface area contributed by atoms with Crippen LogP contribution in [0.3, 0.4) is 0 Å². The lowest BCUT2D eigenvalue weighted by Crippen LogP contribution is -1.93. The number of benzene rings is 1. The van der Waals surface area contributed by atoms with Gasteiger partial charge in [0.15, 0.2) is 0 Å². The Morgan fingerprint density at radius 1 is 1.18 bits per heavy atom. The van der Waals surface area contributed by atoms with Crippen LogP contribution in [0.25, 0.3) is 0 Å². The maximum Gasteiger partial charge on any atom is 0.150 e. The number of carbonyl (C=O) groups excluding carboxylic acids is 1. The van der Waals surface area contributed by atoms with Crippen molar-refractivity contribution in [1.82, 2.24) is 4.98 Å². The number of hydrogen-bond acceptors (Lipinski definition) is 3. The van der Waals surface area contributed by atoms with Gasteiger partial charge in [0.05, 0.1) is 7.14 Å². The van der Waals surface area contributed by atoms with Gasteiger partial charge >= 0.3 is 0 Å². The molecule has 0 fully saturated rings. The van der Waals surface area contributed by atoms with Gasteiger partial charge in [-0.15, -0.1) is 0 Å². The van der Waals surface area contributed by atoms with Crippen molar-refractivity contribution in [2.75, 3.05) is 13.3 Å². The highest BCUT2D eigenvalue weighted by atomic mass is 31.2.